The summed E-state index contributed by atoms with van der Waals surface area (Å²) in [7, 11) is 1.57. The first-order valence-corrected chi connectivity index (χ1v) is 5.78. The first kappa shape index (κ1) is 11.7. The molecule has 0 saturated carbocycles. The van der Waals surface area contributed by atoms with E-state index in [4.69, 9.17) is 10.5 Å². The van der Waals surface area contributed by atoms with Crippen molar-refractivity contribution >= 4 is 17.4 Å². The summed E-state index contributed by atoms with van der Waals surface area (Å²) in [5, 5.41) is 1.27. The first-order chi connectivity index (χ1) is 8.19. The number of anilines is 1. The molecule has 17 heavy (non-hydrogen) atoms. The van der Waals surface area contributed by atoms with Gasteiger partial charge < -0.3 is 10.5 Å². The van der Waals surface area contributed by atoms with Gasteiger partial charge >= 0.3 is 0 Å². The van der Waals surface area contributed by atoms with Crippen LogP contribution in [0.4, 0.5) is 5.69 Å². The average molecular weight is 248 g/mol. The monoisotopic (exact) mass is 248 g/mol. The van der Waals surface area contributed by atoms with Crippen molar-refractivity contribution in [2.75, 3.05) is 12.8 Å². The molecule has 0 fully saturated rings. The maximum absolute atomic E-state index is 5.84. The number of nitrogens with two attached hydrogens (primary N) is 1. The van der Waals surface area contributed by atoms with Crippen LogP contribution in [0.2, 0.25) is 0 Å². The van der Waals surface area contributed by atoms with Crippen molar-refractivity contribution < 1.29 is 4.74 Å². The van der Waals surface area contributed by atoms with Gasteiger partial charge in [0, 0.05) is 18.0 Å². The molecule has 0 bridgehead atoms. The maximum Gasteiger partial charge on any atom is 0.214 e. The zero-order chi connectivity index (χ0) is 12.3. The summed E-state index contributed by atoms with van der Waals surface area (Å²) in [5.74, 6) is 0.523. The van der Waals surface area contributed by atoms with E-state index in [2.05, 4.69) is 15.0 Å². The molecule has 0 spiro atoms. The Labute approximate surface area is 103 Å². The number of methoxy groups -OCH3 is 1. The first-order valence-electron chi connectivity index (χ1n) is 4.97. The molecule has 2 N–H and O–H groups in total. The van der Waals surface area contributed by atoms with Crippen molar-refractivity contribution in [2.24, 2.45) is 0 Å². The van der Waals surface area contributed by atoms with Crippen LogP contribution in [0.25, 0.3) is 0 Å². The van der Waals surface area contributed by atoms with E-state index in [0.717, 1.165) is 5.69 Å². The van der Waals surface area contributed by atoms with Gasteiger partial charge in [0.05, 0.1) is 12.8 Å². The molecule has 0 amide bonds. The second kappa shape index (κ2) is 5.01. The molecule has 0 aliphatic heterocycles. The Hall–Kier alpha value is -1.82. The Morgan fingerprint density at radius 1 is 1.24 bits per heavy atom. The highest BCUT2D eigenvalue weighted by atomic mass is 32.2. The Balaban J connectivity index is 2.29. The molecule has 0 radical (unpaired) electrons. The van der Waals surface area contributed by atoms with E-state index in [9.17, 15) is 0 Å². The van der Waals surface area contributed by atoms with Crippen LogP contribution >= 0.6 is 11.8 Å². The fourth-order valence-electron chi connectivity index (χ4n) is 1.19. The van der Waals surface area contributed by atoms with E-state index < -0.39 is 0 Å². The molecule has 2 aromatic rings. The molecule has 0 unspecified atom stereocenters. The van der Waals surface area contributed by atoms with Gasteiger partial charge in [-0.3, -0.25) is 0 Å². The number of aromatic nitrogens is 3. The number of nitrogen functional groups attached to an aromatic ring is 1. The lowest BCUT2D eigenvalue weighted by Gasteiger charge is -2.05. The minimum Gasteiger partial charge on any atom is -0.481 e. The molecule has 2 heterocycles. The smallest absolute Gasteiger partial charge is 0.214 e. The second-order valence-corrected chi connectivity index (χ2v) is 4.29. The van der Waals surface area contributed by atoms with E-state index in [-0.39, 0.29) is 0 Å². The molecule has 5 nitrogen and oxygen atoms in total. The predicted molar refractivity (Wildman–Crippen MR) is 66.1 cm³/mol. The summed E-state index contributed by atoms with van der Waals surface area (Å²) in [5.41, 5.74) is 7.33. The van der Waals surface area contributed by atoms with Crippen molar-refractivity contribution in [3.63, 3.8) is 0 Å². The van der Waals surface area contributed by atoms with Crippen LogP contribution in [0, 0.1) is 6.92 Å². The molecule has 0 aromatic carbocycles. The highest BCUT2D eigenvalue weighted by Crippen LogP contribution is 2.29. The molecule has 0 atom stereocenters. The van der Waals surface area contributed by atoms with Gasteiger partial charge in [0.1, 0.15) is 5.03 Å². The summed E-state index contributed by atoms with van der Waals surface area (Å²) < 4.78 is 5.05. The normalized spacial score (nSPS) is 10.2. The number of hydrogen-bond donors (Lipinski definition) is 1. The summed E-state index contributed by atoms with van der Waals surface area (Å²) in [6.07, 6.45) is 1.71. The highest BCUT2D eigenvalue weighted by Gasteiger charge is 2.07. The van der Waals surface area contributed by atoms with Gasteiger partial charge in [-0.1, -0.05) is 0 Å². The van der Waals surface area contributed by atoms with E-state index in [1.165, 1.54) is 11.8 Å². The molecule has 2 rings (SSSR count). The van der Waals surface area contributed by atoms with Gasteiger partial charge in [-0.2, -0.15) is 0 Å². The molecular weight excluding hydrogens is 236 g/mol. The molecule has 2 aromatic heterocycles. The van der Waals surface area contributed by atoms with Crippen LogP contribution in [0.5, 0.6) is 5.88 Å². The van der Waals surface area contributed by atoms with Gasteiger partial charge in [0.25, 0.3) is 0 Å². The van der Waals surface area contributed by atoms with Gasteiger partial charge in [0.2, 0.25) is 5.88 Å². The van der Waals surface area contributed by atoms with Crippen LogP contribution in [0.3, 0.4) is 0 Å². The number of nitrogens with zero attached hydrogens (tertiary/aromatic N) is 3. The highest BCUT2D eigenvalue weighted by molar-refractivity contribution is 7.99. The van der Waals surface area contributed by atoms with Crippen molar-refractivity contribution in [3.05, 3.63) is 30.1 Å². The Kier molecular flexibility index (Phi) is 3.43. The largest absolute Gasteiger partial charge is 0.481 e. The summed E-state index contributed by atoms with van der Waals surface area (Å²) in [4.78, 5) is 12.7. The lowest BCUT2D eigenvalue weighted by molar-refractivity contribution is 0.395. The van der Waals surface area contributed by atoms with E-state index in [1.54, 1.807) is 25.4 Å². The SMILES string of the molecule is COc1ccc(N)c(Sc2nccc(C)n2)n1. The van der Waals surface area contributed by atoms with Crippen LogP contribution in [0.15, 0.2) is 34.6 Å². The fraction of sp³-hybridized carbons (Fsp3) is 0.182. The summed E-state index contributed by atoms with van der Waals surface area (Å²) >= 11 is 1.32. The predicted octanol–water partition coefficient (Wildman–Crippen LogP) is 1.92. The van der Waals surface area contributed by atoms with Crippen molar-refractivity contribution in [2.45, 2.75) is 17.1 Å². The van der Waals surface area contributed by atoms with Gasteiger partial charge in [-0.15, -0.1) is 0 Å². The third kappa shape index (κ3) is 2.85. The van der Waals surface area contributed by atoms with Crippen LogP contribution < -0.4 is 10.5 Å². The van der Waals surface area contributed by atoms with Crippen molar-refractivity contribution in [1.82, 2.24) is 15.0 Å². The van der Waals surface area contributed by atoms with E-state index >= 15 is 0 Å². The fourth-order valence-corrected chi connectivity index (χ4v) is 1.99. The lowest BCUT2D eigenvalue weighted by atomic mass is 10.4. The number of rotatable bonds is 3. The van der Waals surface area contributed by atoms with Gasteiger partial charge in [-0.05, 0) is 30.8 Å². The second-order valence-electron chi connectivity index (χ2n) is 3.33. The average Bonchev–Trinajstić information content (AvgIpc) is 2.32. The third-order valence-electron chi connectivity index (χ3n) is 2.03. The number of ether oxygens (including phenoxy) is 1. The molecular formula is C11H12N4OS. The molecule has 0 saturated heterocycles. The lowest BCUT2D eigenvalue weighted by Crippen LogP contribution is -1.96. The van der Waals surface area contributed by atoms with Crippen LogP contribution in [-0.4, -0.2) is 22.1 Å². The number of aryl methyl sites for hydroxylation is 1. The third-order valence-corrected chi connectivity index (χ3v) is 2.93. The number of hydrogen-bond acceptors (Lipinski definition) is 6. The zero-order valence-corrected chi connectivity index (χ0v) is 10.4. The van der Waals surface area contributed by atoms with E-state index in [1.807, 2.05) is 13.0 Å². The van der Waals surface area contributed by atoms with Gasteiger partial charge in [-0.25, -0.2) is 15.0 Å². The topological polar surface area (TPSA) is 73.9 Å². The Morgan fingerprint density at radius 3 is 2.76 bits per heavy atom. The quantitative estimate of drug-likeness (QED) is 0.836. The van der Waals surface area contributed by atoms with Crippen LogP contribution in [-0.2, 0) is 0 Å². The van der Waals surface area contributed by atoms with Crippen molar-refractivity contribution in [3.8, 4) is 5.88 Å². The van der Waals surface area contributed by atoms with E-state index in [0.29, 0.717) is 21.7 Å². The maximum atomic E-state index is 5.84. The minimum atomic E-state index is 0.523. The number of pyridine rings is 1. The Morgan fingerprint density at radius 2 is 2.06 bits per heavy atom. The van der Waals surface area contributed by atoms with Gasteiger partial charge in [0.15, 0.2) is 5.16 Å². The van der Waals surface area contributed by atoms with Crippen LogP contribution in [0.1, 0.15) is 5.69 Å². The zero-order valence-electron chi connectivity index (χ0n) is 9.54. The van der Waals surface area contributed by atoms with Crippen molar-refractivity contribution in [1.29, 1.82) is 0 Å². The minimum absolute atomic E-state index is 0.523. The standard InChI is InChI=1S/C11H12N4OS/c1-7-5-6-13-11(14-7)17-10-8(12)3-4-9(15-10)16-2/h3-6H,12H2,1-2H3. The Bertz CT molecular complexity index is 533. The molecule has 0 aliphatic carbocycles. The molecule has 6 heteroatoms. The molecule has 0 aliphatic rings. The summed E-state index contributed by atoms with van der Waals surface area (Å²) in [6, 6.07) is 5.31. The summed E-state index contributed by atoms with van der Waals surface area (Å²) in [6.45, 7) is 1.91. The molecule has 88 valence electrons.